The molecule has 0 saturated heterocycles. The van der Waals surface area contributed by atoms with Gasteiger partial charge in [0.15, 0.2) is 0 Å². The fraction of sp³-hybridized carbons (Fsp3) is 0.333. The quantitative estimate of drug-likeness (QED) is 0.800. The predicted octanol–water partition coefficient (Wildman–Crippen LogP) is 5.39. The summed E-state index contributed by atoms with van der Waals surface area (Å²) in [5, 5.41) is 3.28. The molecule has 1 atom stereocenters. The van der Waals surface area contributed by atoms with E-state index < -0.39 is 11.7 Å². The molecule has 0 amide bonds. The average molecular weight is 318 g/mol. The summed E-state index contributed by atoms with van der Waals surface area (Å²) in [5.74, 6) is 0.846. The molecule has 2 aromatic rings. The van der Waals surface area contributed by atoms with Gasteiger partial charge in [0.25, 0.3) is 0 Å². The van der Waals surface area contributed by atoms with Crippen molar-refractivity contribution in [3.05, 3.63) is 52.9 Å². The third kappa shape index (κ3) is 4.43. The predicted molar refractivity (Wildman–Crippen MR) is 76.6 cm³/mol. The van der Waals surface area contributed by atoms with Crippen molar-refractivity contribution >= 4 is 17.3 Å². The van der Waals surface area contributed by atoms with Crippen LogP contribution in [0.4, 0.5) is 18.9 Å². The lowest BCUT2D eigenvalue weighted by Gasteiger charge is -2.17. The summed E-state index contributed by atoms with van der Waals surface area (Å²) in [6, 6.07) is 6.90. The van der Waals surface area contributed by atoms with Gasteiger partial charge >= 0.3 is 6.18 Å². The third-order valence-corrected chi connectivity index (χ3v) is 3.43. The summed E-state index contributed by atoms with van der Waals surface area (Å²) in [5.41, 5.74) is -0.425. The number of furan rings is 1. The normalized spacial score (nSPS) is 13.2. The Morgan fingerprint density at radius 2 is 2.05 bits per heavy atom. The number of hydrogen-bond acceptors (Lipinski definition) is 2. The maximum atomic E-state index is 12.7. The maximum Gasteiger partial charge on any atom is 0.416 e. The summed E-state index contributed by atoms with van der Waals surface area (Å²) in [7, 11) is 0. The molecule has 0 aliphatic carbocycles. The van der Waals surface area contributed by atoms with Crippen molar-refractivity contribution in [1.29, 1.82) is 0 Å². The minimum Gasteiger partial charge on any atom is -0.469 e. The van der Waals surface area contributed by atoms with Crippen molar-refractivity contribution < 1.29 is 17.6 Å². The van der Waals surface area contributed by atoms with Gasteiger partial charge in [-0.1, -0.05) is 11.6 Å². The van der Waals surface area contributed by atoms with Crippen molar-refractivity contribution in [2.24, 2.45) is 0 Å². The summed E-state index contributed by atoms with van der Waals surface area (Å²) in [6.07, 6.45) is -1.35. The Morgan fingerprint density at radius 3 is 2.67 bits per heavy atom. The van der Waals surface area contributed by atoms with Gasteiger partial charge < -0.3 is 9.73 Å². The van der Waals surface area contributed by atoms with Crippen molar-refractivity contribution in [3.63, 3.8) is 0 Å². The fourth-order valence-electron chi connectivity index (χ4n) is 1.96. The van der Waals surface area contributed by atoms with E-state index in [1.165, 1.54) is 6.07 Å². The first kappa shape index (κ1) is 15.8. The van der Waals surface area contributed by atoms with Crippen LogP contribution in [0.2, 0.25) is 5.02 Å². The maximum absolute atomic E-state index is 12.7. The van der Waals surface area contributed by atoms with Gasteiger partial charge in [-0.25, -0.2) is 0 Å². The lowest BCUT2D eigenvalue weighted by atomic mass is 10.1. The number of halogens is 4. The van der Waals surface area contributed by atoms with Crippen LogP contribution in [0.5, 0.6) is 0 Å². The fourth-order valence-corrected chi connectivity index (χ4v) is 2.14. The number of hydrogen-bond donors (Lipinski definition) is 1. The Labute approximate surface area is 125 Å². The summed E-state index contributed by atoms with van der Waals surface area (Å²) >= 11 is 5.94. The van der Waals surface area contributed by atoms with Gasteiger partial charge in [-0.2, -0.15) is 13.2 Å². The van der Waals surface area contributed by atoms with Crippen LogP contribution >= 0.6 is 11.6 Å². The first-order valence-electron chi connectivity index (χ1n) is 6.52. The van der Waals surface area contributed by atoms with Crippen molar-refractivity contribution in [3.8, 4) is 0 Å². The molecule has 2 rings (SSSR count). The zero-order chi connectivity index (χ0) is 15.5. The van der Waals surface area contributed by atoms with E-state index in [9.17, 15) is 13.2 Å². The number of benzene rings is 1. The van der Waals surface area contributed by atoms with E-state index in [0.29, 0.717) is 12.1 Å². The topological polar surface area (TPSA) is 25.2 Å². The van der Waals surface area contributed by atoms with E-state index in [0.717, 1.165) is 24.3 Å². The summed E-state index contributed by atoms with van der Waals surface area (Å²) in [4.78, 5) is 0. The highest BCUT2D eigenvalue weighted by atomic mass is 35.5. The molecule has 0 fully saturated rings. The van der Waals surface area contributed by atoms with Gasteiger partial charge in [-0.05, 0) is 43.7 Å². The monoisotopic (exact) mass is 317 g/mol. The van der Waals surface area contributed by atoms with E-state index in [2.05, 4.69) is 5.32 Å². The molecule has 0 saturated carbocycles. The number of aryl methyl sites for hydroxylation is 1. The summed E-state index contributed by atoms with van der Waals surface area (Å²) in [6.45, 7) is 1.89. The van der Waals surface area contributed by atoms with Crippen LogP contribution in [0.15, 0.2) is 41.0 Å². The Bertz CT molecular complexity index is 581. The summed E-state index contributed by atoms with van der Waals surface area (Å²) < 4.78 is 43.3. The lowest BCUT2D eigenvalue weighted by molar-refractivity contribution is -0.137. The smallest absolute Gasteiger partial charge is 0.416 e. The Hall–Kier alpha value is -1.62. The van der Waals surface area contributed by atoms with Gasteiger partial charge in [-0.15, -0.1) is 0 Å². The Morgan fingerprint density at radius 1 is 1.29 bits per heavy atom. The lowest BCUT2D eigenvalue weighted by Crippen LogP contribution is -2.17. The molecule has 1 heterocycles. The highest BCUT2D eigenvalue weighted by Gasteiger charge is 2.31. The molecule has 1 unspecified atom stereocenters. The van der Waals surface area contributed by atoms with E-state index in [1.54, 1.807) is 12.3 Å². The standard InChI is InChI=1S/C15H15ClF3NO/c1-10(4-6-12-3-2-8-21-12)20-14-9-11(15(17,18)19)5-7-13(14)16/h2-3,5,7-10,20H,4,6H2,1H3. The SMILES string of the molecule is CC(CCc1ccco1)Nc1cc(C(F)(F)F)ccc1Cl. The first-order valence-corrected chi connectivity index (χ1v) is 6.89. The molecule has 1 aromatic heterocycles. The molecule has 2 nitrogen and oxygen atoms in total. The van der Waals surface area contributed by atoms with Crippen LogP contribution in [0.3, 0.4) is 0 Å². The van der Waals surface area contributed by atoms with E-state index >= 15 is 0 Å². The first-order chi connectivity index (χ1) is 9.86. The van der Waals surface area contributed by atoms with E-state index in [-0.39, 0.29) is 11.1 Å². The van der Waals surface area contributed by atoms with E-state index in [4.69, 9.17) is 16.0 Å². The van der Waals surface area contributed by atoms with Crippen molar-refractivity contribution in [2.45, 2.75) is 32.0 Å². The molecule has 0 radical (unpaired) electrons. The molecule has 114 valence electrons. The molecule has 0 aliphatic rings. The van der Waals surface area contributed by atoms with E-state index in [1.807, 2.05) is 13.0 Å². The van der Waals surface area contributed by atoms with Crippen LogP contribution < -0.4 is 5.32 Å². The average Bonchev–Trinajstić information content (AvgIpc) is 2.91. The highest BCUT2D eigenvalue weighted by Crippen LogP contribution is 2.34. The molecule has 0 spiro atoms. The van der Waals surface area contributed by atoms with Gasteiger partial charge in [0.05, 0.1) is 22.5 Å². The molecular weight excluding hydrogens is 303 g/mol. The minimum atomic E-state index is -4.38. The van der Waals surface area contributed by atoms with Gasteiger partial charge in [0, 0.05) is 12.5 Å². The Kier molecular flexibility index (Phi) is 4.83. The van der Waals surface area contributed by atoms with Crippen molar-refractivity contribution in [1.82, 2.24) is 0 Å². The second kappa shape index (κ2) is 6.43. The molecule has 0 bridgehead atoms. The number of rotatable bonds is 5. The second-order valence-corrected chi connectivity index (χ2v) is 5.26. The molecule has 1 N–H and O–H groups in total. The number of anilines is 1. The minimum absolute atomic E-state index is 0.0314. The largest absolute Gasteiger partial charge is 0.469 e. The molecule has 21 heavy (non-hydrogen) atoms. The van der Waals surface area contributed by atoms with Crippen LogP contribution in [0.25, 0.3) is 0 Å². The number of alkyl halides is 3. The van der Waals surface area contributed by atoms with Crippen LogP contribution in [0, 0.1) is 0 Å². The van der Waals surface area contributed by atoms with Crippen LogP contribution in [-0.2, 0) is 12.6 Å². The Balaban J connectivity index is 2.01. The third-order valence-electron chi connectivity index (χ3n) is 3.10. The van der Waals surface area contributed by atoms with Gasteiger partial charge in [0.2, 0.25) is 0 Å². The number of nitrogens with one attached hydrogen (secondary N) is 1. The van der Waals surface area contributed by atoms with Gasteiger partial charge in [-0.3, -0.25) is 0 Å². The zero-order valence-corrected chi connectivity index (χ0v) is 12.1. The van der Waals surface area contributed by atoms with Gasteiger partial charge in [0.1, 0.15) is 5.76 Å². The van der Waals surface area contributed by atoms with Crippen LogP contribution in [-0.4, -0.2) is 6.04 Å². The van der Waals surface area contributed by atoms with Crippen molar-refractivity contribution in [2.75, 3.05) is 5.32 Å². The second-order valence-electron chi connectivity index (χ2n) is 4.86. The molecular formula is C15H15ClF3NO. The molecule has 0 aliphatic heterocycles. The zero-order valence-electron chi connectivity index (χ0n) is 11.4. The molecule has 1 aromatic carbocycles. The van der Waals surface area contributed by atoms with Crippen LogP contribution in [0.1, 0.15) is 24.7 Å². The highest BCUT2D eigenvalue weighted by molar-refractivity contribution is 6.33. The molecule has 6 heteroatoms.